The van der Waals surface area contributed by atoms with E-state index < -0.39 is 6.10 Å². The largest absolute Gasteiger partial charge is 0.485 e. The van der Waals surface area contributed by atoms with Crippen LogP contribution >= 0.6 is 0 Å². The van der Waals surface area contributed by atoms with Crippen LogP contribution in [0.5, 0.6) is 11.5 Å². The first-order valence-corrected chi connectivity index (χ1v) is 6.59. The minimum absolute atomic E-state index is 0.122. The molecule has 1 atom stereocenters. The number of halogens is 1. The second-order valence-corrected chi connectivity index (χ2v) is 4.82. The second kappa shape index (κ2) is 5.44. The van der Waals surface area contributed by atoms with Gasteiger partial charge >= 0.3 is 0 Å². The molecule has 0 spiro atoms. The highest BCUT2D eigenvalue weighted by atomic mass is 19.1. The van der Waals surface area contributed by atoms with E-state index in [0.717, 1.165) is 0 Å². The quantitative estimate of drug-likeness (QED) is 0.924. The highest BCUT2D eigenvalue weighted by molar-refractivity contribution is 5.94. The number of ether oxygens (including phenoxy) is 2. The van der Waals surface area contributed by atoms with Crippen molar-refractivity contribution < 1.29 is 18.7 Å². The van der Waals surface area contributed by atoms with Gasteiger partial charge in [0.05, 0.1) is 0 Å². The monoisotopic (exact) mass is 287 g/mol. The maximum absolute atomic E-state index is 13.5. The standard InChI is InChI=1S/C16H14FNO3/c1-10-6-7-11(8-12(10)17)18-16(19)15-9-20-13-4-2-3-5-14(13)21-15/h2-8,15H,9H2,1H3,(H,18,19). The molecule has 0 aliphatic carbocycles. The normalized spacial score (nSPS) is 16.4. The molecule has 1 heterocycles. The number of amides is 1. The Morgan fingerprint density at radius 1 is 1.24 bits per heavy atom. The van der Waals surface area contributed by atoms with Gasteiger partial charge in [-0.1, -0.05) is 18.2 Å². The van der Waals surface area contributed by atoms with Crippen LogP contribution in [0.2, 0.25) is 0 Å². The number of carbonyl (C=O) groups is 1. The molecule has 5 heteroatoms. The van der Waals surface area contributed by atoms with E-state index in [1.54, 1.807) is 37.3 Å². The second-order valence-electron chi connectivity index (χ2n) is 4.82. The van der Waals surface area contributed by atoms with Crippen LogP contribution in [0, 0.1) is 12.7 Å². The molecule has 0 radical (unpaired) electrons. The highest BCUT2D eigenvalue weighted by Gasteiger charge is 2.27. The molecule has 0 aromatic heterocycles. The summed E-state index contributed by atoms with van der Waals surface area (Å²) in [4.78, 5) is 12.1. The minimum Gasteiger partial charge on any atom is -0.485 e. The molecule has 1 amide bonds. The lowest BCUT2D eigenvalue weighted by molar-refractivity contribution is -0.125. The van der Waals surface area contributed by atoms with Crippen molar-refractivity contribution in [1.29, 1.82) is 0 Å². The highest BCUT2D eigenvalue weighted by Crippen LogP contribution is 2.31. The Hall–Kier alpha value is -2.56. The van der Waals surface area contributed by atoms with Gasteiger partial charge in [0, 0.05) is 5.69 Å². The number of anilines is 1. The van der Waals surface area contributed by atoms with Crippen LogP contribution in [0.4, 0.5) is 10.1 Å². The molecule has 108 valence electrons. The van der Waals surface area contributed by atoms with E-state index in [0.29, 0.717) is 22.7 Å². The fourth-order valence-corrected chi connectivity index (χ4v) is 2.04. The molecule has 4 nitrogen and oxygen atoms in total. The fourth-order valence-electron chi connectivity index (χ4n) is 2.04. The minimum atomic E-state index is -0.760. The predicted molar refractivity (Wildman–Crippen MR) is 76.1 cm³/mol. The van der Waals surface area contributed by atoms with E-state index in [-0.39, 0.29) is 18.3 Å². The Morgan fingerprint density at radius 2 is 2.00 bits per heavy atom. The summed E-state index contributed by atoms with van der Waals surface area (Å²) in [5.41, 5.74) is 0.921. The summed E-state index contributed by atoms with van der Waals surface area (Å²) in [6.07, 6.45) is -0.760. The first-order valence-electron chi connectivity index (χ1n) is 6.59. The van der Waals surface area contributed by atoms with E-state index in [4.69, 9.17) is 9.47 Å². The maximum Gasteiger partial charge on any atom is 0.269 e. The molecule has 1 unspecified atom stereocenters. The topological polar surface area (TPSA) is 47.6 Å². The average Bonchev–Trinajstić information content (AvgIpc) is 2.50. The molecule has 2 aromatic rings. The fraction of sp³-hybridized carbons (Fsp3) is 0.188. The van der Waals surface area contributed by atoms with E-state index in [9.17, 15) is 9.18 Å². The van der Waals surface area contributed by atoms with Crippen molar-refractivity contribution in [3.8, 4) is 11.5 Å². The van der Waals surface area contributed by atoms with Gasteiger partial charge in [-0.2, -0.15) is 0 Å². The number of fused-ring (bicyclic) bond motifs is 1. The summed E-state index contributed by atoms with van der Waals surface area (Å²) in [6, 6.07) is 11.7. The van der Waals surface area contributed by atoms with Crippen molar-refractivity contribution in [2.45, 2.75) is 13.0 Å². The summed E-state index contributed by atoms with van der Waals surface area (Å²) in [5.74, 6) is 0.411. The number of para-hydroxylation sites is 2. The smallest absolute Gasteiger partial charge is 0.269 e. The van der Waals surface area contributed by atoms with Crippen LogP contribution in [0.3, 0.4) is 0 Å². The molecule has 0 saturated carbocycles. The van der Waals surface area contributed by atoms with Gasteiger partial charge in [0.15, 0.2) is 11.5 Å². The van der Waals surface area contributed by atoms with Crippen LogP contribution in [-0.4, -0.2) is 18.6 Å². The van der Waals surface area contributed by atoms with E-state index >= 15 is 0 Å². The van der Waals surface area contributed by atoms with Gasteiger partial charge in [-0.3, -0.25) is 4.79 Å². The van der Waals surface area contributed by atoms with Crippen LogP contribution in [0.1, 0.15) is 5.56 Å². The van der Waals surface area contributed by atoms with E-state index in [2.05, 4.69) is 5.32 Å². The molecule has 1 aliphatic heterocycles. The molecule has 21 heavy (non-hydrogen) atoms. The number of aryl methyl sites for hydroxylation is 1. The molecule has 0 fully saturated rings. The molecule has 3 rings (SSSR count). The molecule has 1 N–H and O–H groups in total. The van der Waals surface area contributed by atoms with Crippen molar-refractivity contribution in [2.75, 3.05) is 11.9 Å². The zero-order valence-corrected chi connectivity index (χ0v) is 11.4. The number of carbonyl (C=O) groups excluding carboxylic acids is 1. The Labute approximate surface area is 121 Å². The van der Waals surface area contributed by atoms with Crippen LogP contribution in [-0.2, 0) is 4.79 Å². The zero-order valence-electron chi connectivity index (χ0n) is 11.4. The first-order chi connectivity index (χ1) is 10.1. The molecule has 0 bridgehead atoms. The third kappa shape index (κ3) is 2.81. The van der Waals surface area contributed by atoms with Gasteiger partial charge in [-0.25, -0.2) is 4.39 Å². The molecule has 2 aromatic carbocycles. The summed E-state index contributed by atoms with van der Waals surface area (Å²) >= 11 is 0. The summed E-state index contributed by atoms with van der Waals surface area (Å²) in [7, 11) is 0. The molecular weight excluding hydrogens is 273 g/mol. The van der Waals surface area contributed by atoms with Gasteiger partial charge in [0.25, 0.3) is 5.91 Å². The lowest BCUT2D eigenvalue weighted by Crippen LogP contribution is -2.40. The molecular formula is C16H14FNO3. The third-order valence-corrected chi connectivity index (χ3v) is 3.24. The van der Waals surface area contributed by atoms with Crippen molar-refractivity contribution in [3.05, 3.63) is 53.8 Å². The summed E-state index contributed by atoms with van der Waals surface area (Å²) in [5, 5.41) is 2.63. The van der Waals surface area contributed by atoms with Crippen LogP contribution in [0.15, 0.2) is 42.5 Å². The Kier molecular flexibility index (Phi) is 3.48. The number of hydrogen-bond donors (Lipinski definition) is 1. The van der Waals surface area contributed by atoms with Crippen LogP contribution < -0.4 is 14.8 Å². The zero-order chi connectivity index (χ0) is 14.8. The van der Waals surface area contributed by atoms with Gasteiger partial charge < -0.3 is 14.8 Å². The Bertz CT molecular complexity index is 687. The van der Waals surface area contributed by atoms with Crippen molar-refractivity contribution >= 4 is 11.6 Å². The van der Waals surface area contributed by atoms with E-state index in [1.807, 2.05) is 6.07 Å². The lowest BCUT2D eigenvalue weighted by atomic mass is 10.2. The van der Waals surface area contributed by atoms with E-state index in [1.165, 1.54) is 6.07 Å². The SMILES string of the molecule is Cc1ccc(NC(=O)C2COc3ccccc3O2)cc1F. The first kappa shape index (κ1) is 13.4. The maximum atomic E-state index is 13.5. The van der Waals surface area contributed by atoms with Gasteiger partial charge in [0.2, 0.25) is 6.10 Å². The molecule has 0 saturated heterocycles. The third-order valence-electron chi connectivity index (χ3n) is 3.24. The summed E-state index contributed by atoms with van der Waals surface area (Å²) in [6.45, 7) is 1.78. The predicted octanol–water partition coefficient (Wildman–Crippen LogP) is 2.91. The van der Waals surface area contributed by atoms with Gasteiger partial charge in [-0.05, 0) is 36.8 Å². The van der Waals surface area contributed by atoms with Crippen molar-refractivity contribution in [2.24, 2.45) is 0 Å². The van der Waals surface area contributed by atoms with Crippen molar-refractivity contribution in [3.63, 3.8) is 0 Å². The van der Waals surface area contributed by atoms with Crippen molar-refractivity contribution in [1.82, 2.24) is 0 Å². The number of hydrogen-bond acceptors (Lipinski definition) is 3. The molecule has 1 aliphatic rings. The number of rotatable bonds is 2. The average molecular weight is 287 g/mol. The Balaban J connectivity index is 1.70. The van der Waals surface area contributed by atoms with Gasteiger partial charge in [0.1, 0.15) is 12.4 Å². The van der Waals surface area contributed by atoms with Gasteiger partial charge in [-0.15, -0.1) is 0 Å². The summed E-state index contributed by atoms with van der Waals surface area (Å²) < 4.78 is 24.5. The van der Waals surface area contributed by atoms with Crippen LogP contribution in [0.25, 0.3) is 0 Å². The number of nitrogens with one attached hydrogen (secondary N) is 1. The number of benzene rings is 2. The lowest BCUT2D eigenvalue weighted by Gasteiger charge is -2.25. The Morgan fingerprint density at radius 3 is 2.76 bits per heavy atom.